The number of hydrogen-bond acceptors (Lipinski definition) is 3. The molecule has 0 radical (unpaired) electrons. The Hall–Kier alpha value is -2.34. The lowest BCUT2D eigenvalue weighted by Crippen LogP contribution is -2.38. The Morgan fingerprint density at radius 3 is 2.70 bits per heavy atom. The number of halogens is 1. The molecule has 0 unspecified atom stereocenters. The minimum absolute atomic E-state index is 0.0169. The van der Waals surface area contributed by atoms with Gasteiger partial charge in [-0.3, -0.25) is 9.59 Å². The van der Waals surface area contributed by atoms with Gasteiger partial charge in [0.15, 0.2) is 6.61 Å². The van der Waals surface area contributed by atoms with E-state index in [1.165, 1.54) is 6.92 Å². The smallest absolute Gasteiger partial charge is 0.265 e. The number of nitrogens with zero attached hydrogens (tertiary/aromatic N) is 1. The molecule has 1 aliphatic heterocycles. The quantitative estimate of drug-likeness (QED) is 0.896. The Morgan fingerprint density at radius 1 is 1.26 bits per heavy atom. The van der Waals surface area contributed by atoms with Gasteiger partial charge in [0, 0.05) is 17.1 Å². The molecule has 6 heteroatoms. The van der Waals surface area contributed by atoms with E-state index in [2.05, 4.69) is 21.2 Å². The van der Waals surface area contributed by atoms with Crippen LogP contribution in [0.2, 0.25) is 0 Å². The summed E-state index contributed by atoms with van der Waals surface area (Å²) in [5.41, 5.74) is 2.31. The first kappa shape index (κ1) is 15.6. The molecule has 2 aromatic carbocycles. The normalized spacial score (nSPS) is 13.3. The molecule has 0 fully saturated rings. The van der Waals surface area contributed by atoms with Crippen LogP contribution in [0.3, 0.4) is 0 Å². The molecule has 0 aromatic heterocycles. The van der Waals surface area contributed by atoms with Crippen molar-refractivity contribution in [3.8, 4) is 5.75 Å². The van der Waals surface area contributed by atoms with Crippen molar-refractivity contribution in [2.45, 2.75) is 13.5 Å². The molecule has 2 amide bonds. The van der Waals surface area contributed by atoms with Crippen LogP contribution in [0.1, 0.15) is 12.5 Å². The van der Waals surface area contributed by atoms with Gasteiger partial charge in [-0.15, -0.1) is 0 Å². The molecule has 1 aliphatic rings. The van der Waals surface area contributed by atoms with Crippen LogP contribution in [0.15, 0.2) is 46.9 Å². The standard InChI is InChI=1S/C17H15BrN2O3/c1-11(21)19-14-6-7-16-15(8-14)20(17(22)10-23-16)9-12-2-4-13(18)5-3-12/h2-8H,9-10H2,1H3,(H,19,21). The minimum Gasteiger partial charge on any atom is -0.482 e. The molecule has 0 saturated carbocycles. The fraction of sp³-hybridized carbons (Fsp3) is 0.176. The summed E-state index contributed by atoms with van der Waals surface area (Å²) in [5, 5.41) is 2.72. The molecular formula is C17H15BrN2O3. The van der Waals surface area contributed by atoms with Gasteiger partial charge in [-0.05, 0) is 35.9 Å². The highest BCUT2D eigenvalue weighted by atomic mass is 79.9. The zero-order valence-corrected chi connectivity index (χ0v) is 14.1. The van der Waals surface area contributed by atoms with E-state index < -0.39 is 0 Å². The Kier molecular flexibility index (Phi) is 4.34. The lowest BCUT2D eigenvalue weighted by atomic mass is 10.1. The van der Waals surface area contributed by atoms with Crippen molar-refractivity contribution in [2.24, 2.45) is 0 Å². The van der Waals surface area contributed by atoms with E-state index in [-0.39, 0.29) is 18.4 Å². The lowest BCUT2D eigenvalue weighted by Gasteiger charge is -2.30. The largest absolute Gasteiger partial charge is 0.482 e. The second-order valence-electron chi connectivity index (χ2n) is 5.26. The number of ether oxygens (including phenoxy) is 1. The van der Waals surface area contributed by atoms with Gasteiger partial charge < -0.3 is 15.0 Å². The second-order valence-corrected chi connectivity index (χ2v) is 6.17. The summed E-state index contributed by atoms with van der Waals surface area (Å²) in [6.45, 7) is 1.91. The molecule has 0 saturated heterocycles. The molecule has 118 valence electrons. The number of benzene rings is 2. The Bertz CT molecular complexity index is 759. The van der Waals surface area contributed by atoms with Crippen molar-refractivity contribution in [1.29, 1.82) is 0 Å². The van der Waals surface area contributed by atoms with Gasteiger partial charge >= 0.3 is 0 Å². The number of nitrogens with one attached hydrogen (secondary N) is 1. The molecular weight excluding hydrogens is 360 g/mol. The summed E-state index contributed by atoms with van der Waals surface area (Å²) < 4.78 is 6.46. The number of carbonyl (C=O) groups is 2. The van der Waals surface area contributed by atoms with E-state index in [0.717, 1.165) is 10.0 Å². The molecule has 3 rings (SSSR count). The predicted octanol–water partition coefficient (Wildman–Crippen LogP) is 3.33. The maximum absolute atomic E-state index is 12.3. The Balaban J connectivity index is 1.92. The first-order valence-corrected chi connectivity index (χ1v) is 7.91. The SMILES string of the molecule is CC(=O)Nc1ccc2c(c1)N(Cc1ccc(Br)cc1)C(=O)CO2. The highest BCUT2D eigenvalue weighted by molar-refractivity contribution is 9.10. The lowest BCUT2D eigenvalue weighted by molar-refractivity contribution is -0.121. The molecule has 0 aliphatic carbocycles. The average Bonchev–Trinajstić information content (AvgIpc) is 2.51. The van der Waals surface area contributed by atoms with Gasteiger partial charge in [0.1, 0.15) is 5.75 Å². The van der Waals surface area contributed by atoms with Crippen LogP contribution in [-0.2, 0) is 16.1 Å². The fourth-order valence-electron chi connectivity index (χ4n) is 2.43. The molecule has 23 heavy (non-hydrogen) atoms. The minimum atomic E-state index is -0.160. The fourth-order valence-corrected chi connectivity index (χ4v) is 2.69. The highest BCUT2D eigenvalue weighted by Crippen LogP contribution is 2.35. The maximum Gasteiger partial charge on any atom is 0.265 e. The predicted molar refractivity (Wildman–Crippen MR) is 91.6 cm³/mol. The van der Waals surface area contributed by atoms with Gasteiger partial charge in [-0.2, -0.15) is 0 Å². The number of carbonyl (C=O) groups excluding carboxylic acids is 2. The molecule has 1 heterocycles. The van der Waals surface area contributed by atoms with E-state index in [9.17, 15) is 9.59 Å². The van der Waals surface area contributed by atoms with Gasteiger partial charge in [0.05, 0.1) is 12.2 Å². The molecule has 0 bridgehead atoms. The highest BCUT2D eigenvalue weighted by Gasteiger charge is 2.26. The average molecular weight is 375 g/mol. The van der Waals surface area contributed by atoms with E-state index in [4.69, 9.17) is 4.74 Å². The zero-order chi connectivity index (χ0) is 16.4. The third kappa shape index (κ3) is 3.53. The van der Waals surface area contributed by atoms with Crippen LogP contribution >= 0.6 is 15.9 Å². The first-order chi connectivity index (χ1) is 11.0. The van der Waals surface area contributed by atoms with Crippen molar-refractivity contribution < 1.29 is 14.3 Å². The molecule has 0 atom stereocenters. The number of rotatable bonds is 3. The topological polar surface area (TPSA) is 58.6 Å². The van der Waals surface area contributed by atoms with Crippen LogP contribution in [0.4, 0.5) is 11.4 Å². The van der Waals surface area contributed by atoms with Crippen LogP contribution in [0.25, 0.3) is 0 Å². The summed E-state index contributed by atoms with van der Waals surface area (Å²) in [6.07, 6.45) is 0. The summed E-state index contributed by atoms with van der Waals surface area (Å²) in [4.78, 5) is 25.2. The van der Waals surface area contributed by atoms with E-state index >= 15 is 0 Å². The van der Waals surface area contributed by atoms with Gasteiger partial charge in [0.2, 0.25) is 5.91 Å². The van der Waals surface area contributed by atoms with Crippen LogP contribution in [0.5, 0.6) is 5.75 Å². The van der Waals surface area contributed by atoms with Crippen molar-refractivity contribution >= 4 is 39.1 Å². The van der Waals surface area contributed by atoms with Crippen LogP contribution < -0.4 is 15.0 Å². The van der Waals surface area contributed by atoms with Crippen LogP contribution in [-0.4, -0.2) is 18.4 Å². The van der Waals surface area contributed by atoms with Crippen LogP contribution in [0, 0.1) is 0 Å². The zero-order valence-electron chi connectivity index (χ0n) is 12.5. The summed E-state index contributed by atoms with van der Waals surface area (Å²) in [5.74, 6) is 0.365. The maximum atomic E-state index is 12.3. The van der Waals surface area contributed by atoms with Crippen molar-refractivity contribution in [3.63, 3.8) is 0 Å². The molecule has 5 nitrogen and oxygen atoms in total. The third-order valence-corrected chi connectivity index (χ3v) is 4.00. The Labute approximate surface area is 142 Å². The summed E-state index contributed by atoms with van der Waals surface area (Å²) >= 11 is 3.40. The van der Waals surface area contributed by atoms with E-state index in [1.54, 1.807) is 23.1 Å². The number of amides is 2. The molecule has 0 spiro atoms. The summed E-state index contributed by atoms with van der Waals surface area (Å²) in [6, 6.07) is 13.1. The van der Waals surface area contributed by atoms with Gasteiger partial charge in [-0.1, -0.05) is 28.1 Å². The van der Waals surface area contributed by atoms with E-state index in [1.807, 2.05) is 24.3 Å². The number of anilines is 2. The van der Waals surface area contributed by atoms with E-state index in [0.29, 0.717) is 23.7 Å². The van der Waals surface area contributed by atoms with Crippen molar-refractivity contribution in [2.75, 3.05) is 16.8 Å². The third-order valence-electron chi connectivity index (χ3n) is 3.48. The van der Waals surface area contributed by atoms with Gasteiger partial charge in [-0.25, -0.2) is 0 Å². The Morgan fingerprint density at radius 2 is 2.00 bits per heavy atom. The van der Waals surface area contributed by atoms with Crippen molar-refractivity contribution in [3.05, 3.63) is 52.5 Å². The first-order valence-electron chi connectivity index (χ1n) is 7.12. The monoisotopic (exact) mass is 374 g/mol. The number of fused-ring (bicyclic) bond motifs is 1. The second kappa shape index (κ2) is 6.42. The number of hydrogen-bond donors (Lipinski definition) is 1. The van der Waals surface area contributed by atoms with Crippen molar-refractivity contribution in [1.82, 2.24) is 0 Å². The molecule has 2 aromatic rings. The summed E-state index contributed by atoms with van der Waals surface area (Å²) in [7, 11) is 0. The van der Waals surface area contributed by atoms with Gasteiger partial charge in [0.25, 0.3) is 5.91 Å². The molecule has 1 N–H and O–H groups in total.